The number of nitrogens with one attached hydrogen (secondary N) is 1. The molecule has 0 unspecified atom stereocenters. The van der Waals surface area contributed by atoms with Crippen LogP contribution in [-0.4, -0.2) is 54.5 Å². The Kier molecular flexibility index (Phi) is 7.09. The van der Waals surface area contributed by atoms with Gasteiger partial charge in [0, 0.05) is 26.2 Å². The summed E-state index contributed by atoms with van der Waals surface area (Å²) < 4.78 is 10.7. The van der Waals surface area contributed by atoms with E-state index in [0.717, 1.165) is 0 Å². The zero-order chi connectivity index (χ0) is 22.7. The lowest BCUT2D eigenvalue weighted by Crippen LogP contribution is -2.50. The Morgan fingerprint density at radius 1 is 1.03 bits per heavy atom. The van der Waals surface area contributed by atoms with Gasteiger partial charge in [-0.15, -0.1) is 0 Å². The number of anilines is 2. The fourth-order valence-corrected chi connectivity index (χ4v) is 3.09. The Morgan fingerprint density at radius 3 is 2.10 bits per heavy atom. The highest BCUT2D eigenvalue weighted by Crippen LogP contribution is 2.32. The number of piperazine rings is 1. The van der Waals surface area contributed by atoms with Crippen molar-refractivity contribution in [3.8, 4) is 6.07 Å². The van der Waals surface area contributed by atoms with Crippen LogP contribution in [0.3, 0.4) is 0 Å². The molecule has 1 heterocycles. The predicted octanol–water partition coefficient (Wildman–Crippen LogP) is 4.62. The van der Waals surface area contributed by atoms with Crippen LogP contribution >= 0.6 is 11.6 Å². The molecule has 1 aromatic carbocycles. The van der Waals surface area contributed by atoms with Crippen LogP contribution in [0, 0.1) is 11.3 Å². The number of nitrogens with zero attached hydrogens (tertiary/aromatic N) is 3. The van der Waals surface area contributed by atoms with Crippen molar-refractivity contribution >= 4 is 35.2 Å². The molecule has 2 amide bonds. The van der Waals surface area contributed by atoms with Gasteiger partial charge in [-0.25, -0.2) is 9.59 Å². The predicted molar refractivity (Wildman–Crippen MR) is 116 cm³/mol. The zero-order valence-electron chi connectivity index (χ0n) is 18.3. The number of halogens is 1. The summed E-state index contributed by atoms with van der Waals surface area (Å²) in [5.41, 5.74) is 0.177. The molecule has 164 valence electrons. The Labute approximate surface area is 182 Å². The first-order valence-corrected chi connectivity index (χ1v) is 10.1. The van der Waals surface area contributed by atoms with Gasteiger partial charge in [-0.1, -0.05) is 11.6 Å². The Morgan fingerprint density at radius 2 is 1.60 bits per heavy atom. The van der Waals surface area contributed by atoms with E-state index in [9.17, 15) is 14.9 Å². The molecule has 0 aliphatic carbocycles. The van der Waals surface area contributed by atoms with Gasteiger partial charge >= 0.3 is 12.2 Å². The van der Waals surface area contributed by atoms with Crippen molar-refractivity contribution in [1.82, 2.24) is 4.90 Å². The normalized spacial score (nSPS) is 14.7. The van der Waals surface area contributed by atoms with Crippen molar-refractivity contribution in [2.24, 2.45) is 0 Å². The van der Waals surface area contributed by atoms with Crippen molar-refractivity contribution in [1.29, 1.82) is 5.26 Å². The molecule has 0 bridgehead atoms. The summed E-state index contributed by atoms with van der Waals surface area (Å²) >= 11 is 6.25. The van der Waals surface area contributed by atoms with Crippen LogP contribution in [0.2, 0.25) is 5.02 Å². The van der Waals surface area contributed by atoms with Crippen molar-refractivity contribution < 1.29 is 19.1 Å². The van der Waals surface area contributed by atoms with E-state index in [1.165, 1.54) is 6.07 Å². The number of carbonyl (C=O) groups is 2. The van der Waals surface area contributed by atoms with Gasteiger partial charge in [0.25, 0.3) is 0 Å². The largest absolute Gasteiger partial charge is 0.444 e. The first-order chi connectivity index (χ1) is 13.8. The standard InChI is InChI=1S/C21H29ClN4O4/c1-20(2,3)29-18(27)24-16-12-17(14(13-23)11-15(16)22)25-7-9-26(10-8-25)19(28)30-21(4,5)6/h11-12H,7-10H2,1-6H3,(H,24,27). The van der Waals surface area contributed by atoms with Crippen molar-refractivity contribution in [3.05, 3.63) is 22.7 Å². The molecule has 0 spiro atoms. The van der Waals surface area contributed by atoms with Crippen LogP contribution in [0.4, 0.5) is 21.0 Å². The average molecular weight is 437 g/mol. The Hall–Kier alpha value is -2.66. The first kappa shape index (κ1) is 23.6. The number of hydrogen-bond donors (Lipinski definition) is 1. The quantitative estimate of drug-likeness (QED) is 0.727. The molecule has 1 fully saturated rings. The molecule has 0 aromatic heterocycles. The molecule has 1 N–H and O–H groups in total. The highest BCUT2D eigenvalue weighted by atomic mass is 35.5. The molecule has 1 aliphatic heterocycles. The number of rotatable bonds is 2. The van der Waals surface area contributed by atoms with Crippen LogP contribution in [-0.2, 0) is 9.47 Å². The van der Waals surface area contributed by atoms with Crippen molar-refractivity contribution in [2.45, 2.75) is 52.7 Å². The number of nitriles is 1. The summed E-state index contributed by atoms with van der Waals surface area (Å²) in [5.74, 6) is 0. The van der Waals surface area contributed by atoms with Crippen LogP contribution in [0.1, 0.15) is 47.1 Å². The third kappa shape index (κ3) is 6.70. The second-order valence-electron chi connectivity index (χ2n) is 9.04. The number of hydrogen-bond acceptors (Lipinski definition) is 6. The smallest absolute Gasteiger partial charge is 0.412 e. The first-order valence-electron chi connectivity index (χ1n) is 9.75. The van der Waals surface area contributed by atoms with E-state index in [2.05, 4.69) is 11.4 Å². The molecule has 1 saturated heterocycles. The van der Waals surface area contributed by atoms with Crippen LogP contribution in [0.25, 0.3) is 0 Å². The van der Waals surface area contributed by atoms with E-state index in [1.807, 2.05) is 25.7 Å². The number of amides is 2. The maximum atomic E-state index is 12.3. The van der Waals surface area contributed by atoms with E-state index in [-0.39, 0.29) is 11.1 Å². The number of ether oxygens (including phenoxy) is 2. The minimum atomic E-state index is -0.649. The Bertz CT molecular complexity index is 844. The molecule has 2 rings (SSSR count). The fraction of sp³-hybridized carbons (Fsp3) is 0.571. The van der Waals surface area contributed by atoms with Crippen LogP contribution in [0.5, 0.6) is 0 Å². The van der Waals surface area contributed by atoms with Gasteiger partial charge < -0.3 is 19.3 Å². The molecule has 0 radical (unpaired) electrons. The topological polar surface area (TPSA) is 94.9 Å². The van der Waals surface area contributed by atoms with Crippen molar-refractivity contribution in [3.63, 3.8) is 0 Å². The second kappa shape index (κ2) is 9.00. The summed E-state index contributed by atoms with van der Waals surface area (Å²) in [7, 11) is 0. The van der Waals surface area contributed by atoms with Gasteiger partial charge in [0.2, 0.25) is 0 Å². The van der Waals surface area contributed by atoms with E-state index in [1.54, 1.807) is 31.7 Å². The van der Waals surface area contributed by atoms with E-state index < -0.39 is 17.3 Å². The molecule has 30 heavy (non-hydrogen) atoms. The van der Waals surface area contributed by atoms with Gasteiger partial charge in [0.1, 0.15) is 17.3 Å². The third-order valence-electron chi connectivity index (χ3n) is 4.11. The van der Waals surface area contributed by atoms with E-state index in [0.29, 0.717) is 43.1 Å². The van der Waals surface area contributed by atoms with Crippen LogP contribution in [0.15, 0.2) is 12.1 Å². The SMILES string of the molecule is CC(C)(C)OC(=O)Nc1cc(N2CCN(C(=O)OC(C)(C)C)CC2)c(C#N)cc1Cl. The van der Waals surface area contributed by atoms with Crippen molar-refractivity contribution in [2.75, 3.05) is 36.4 Å². The van der Waals surface area contributed by atoms with Crippen LogP contribution < -0.4 is 10.2 Å². The molecular weight excluding hydrogens is 408 g/mol. The minimum absolute atomic E-state index is 0.244. The number of carbonyl (C=O) groups excluding carboxylic acids is 2. The lowest BCUT2D eigenvalue weighted by atomic mass is 10.1. The maximum absolute atomic E-state index is 12.3. The molecular formula is C21H29ClN4O4. The monoisotopic (exact) mass is 436 g/mol. The van der Waals surface area contributed by atoms with Gasteiger partial charge in [-0.2, -0.15) is 5.26 Å². The lowest BCUT2D eigenvalue weighted by Gasteiger charge is -2.37. The third-order valence-corrected chi connectivity index (χ3v) is 4.43. The maximum Gasteiger partial charge on any atom is 0.412 e. The van der Waals surface area contributed by atoms with Gasteiger partial charge in [-0.3, -0.25) is 5.32 Å². The highest BCUT2D eigenvalue weighted by molar-refractivity contribution is 6.34. The molecule has 0 atom stereocenters. The number of benzene rings is 1. The summed E-state index contributed by atoms with van der Waals surface area (Å²) in [5, 5.41) is 12.4. The second-order valence-corrected chi connectivity index (χ2v) is 9.45. The van der Waals surface area contributed by atoms with Gasteiger partial charge in [0.15, 0.2) is 0 Å². The molecule has 0 saturated carbocycles. The molecule has 9 heteroatoms. The zero-order valence-corrected chi connectivity index (χ0v) is 19.1. The molecule has 8 nitrogen and oxygen atoms in total. The summed E-state index contributed by atoms with van der Waals surface area (Å²) in [6, 6.07) is 5.32. The summed E-state index contributed by atoms with van der Waals surface area (Å²) in [6.45, 7) is 12.7. The van der Waals surface area contributed by atoms with E-state index in [4.69, 9.17) is 21.1 Å². The minimum Gasteiger partial charge on any atom is -0.444 e. The highest BCUT2D eigenvalue weighted by Gasteiger charge is 2.27. The molecule has 1 aliphatic rings. The Balaban J connectivity index is 2.15. The fourth-order valence-electron chi connectivity index (χ4n) is 2.88. The average Bonchev–Trinajstić information content (AvgIpc) is 2.60. The van der Waals surface area contributed by atoms with Gasteiger partial charge in [0.05, 0.1) is 22.0 Å². The molecule has 1 aromatic rings. The summed E-state index contributed by atoms with van der Waals surface area (Å²) in [6.07, 6.45) is -0.985. The summed E-state index contributed by atoms with van der Waals surface area (Å²) in [4.78, 5) is 28.0. The van der Waals surface area contributed by atoms with Gasteiger partial charge in [-0.05, 0) is 53.7 Å². The lowest BCUT2D eigenvalue weighted by molar-refractivity contribution is 0.0240. The van der Waals surface area contributed by atoms with E-state index >= 15 is 0 Å².